The van der Waals surface area contributed by atoms with Crippen molar-refractivity contribution in [1.29, 1.82) is 0 Å². The third kappa shape index (κ3) is 18.6. The summed E-state index contributed by atoms with van der Waals surface area (Å²) >= 11 is 0. The van der Waals surface area contributed by atoms with Crippen LogP contribution < -0.4 is 0 Å². The van der Waals surface area contributed by atoms with E-state index in [9.17, 15) is 0 Å². The molecule has 0 saturated carbocycles. The van der Waals surface area contributed by atoms with Gasteiger partial charge in [0.15, 0.2) is 0 Å². The molecule has 71 heavy (non-hydrogen) atoms. The van der Waals surface area contributed by atoms with Gasteiger partial charge in [-0.25, -0.2) is 9.67 Å². The third-order valence-corrected chi connectivity index (χ3v) is 10.1. The van der Waals surface area contributed by atoms with Crippen molar-refractivity contribution < 1.29 is 0 Å². The lowest BCUT2D eigenvalue weighted by Gasteiger charge is -2.08. The molecule has 0 N–H and O–H groups in total. The monoisotopic (exact) mass is 967 g/mol. The molecule has 0 aliphatic rings. The molecular formula is C61H94N10. The molecule has 0 spiro atoms. The molecule has 0 aliphatic heterocycles. The summed E-state index contributed by atoms with van der Waals surface area (Å²) in [5.41, 5.74) is 7.98. The molecule has 0 radical (unpaired) electrons. The normalized spacial score (nSPS) is 9.93. The van der Waals surface area contributed by atoms with E-state index in [0.29, 0.717) is 30.2 Å². The first-order valence-electron chi connectivity index (χ1n) is 26.0. The number of hydrogen-bond acceptors (Lipinski definition) is 5. The maximum Gasteiger partial charge on any atom is 0.140 e. The minimum atomic E-state index is 0. The number of nitrogens with zero attached hydrogens (tertiary/aromatic N) is 10. The van der Waals surface area contributed by atoms with Gasteiger partial charge in [0.25, 0.3) is 0 Å². The molecule has 3 aromatic carbocycles. The van der Waals surface area contributed by atoms with Crippen LogP contribution in [0.3, 0.4) is 0 Å². The molecule has 0 aliphatic carbocycles. The highest BCUT2D eigenvalue weighted by molar-refractivity contribution is 5.80. The standard InChI is InChI=1S/C11H13N.3C10H12N2.C9H11N3.5C2H6.CH4/c1-9(2)12-8-7-10-5-3-4-6-11(10)12;1-8(2)12-7-5-9-10(12)4-3-6-11-9;1-8(2)12-7-5-9-4-3-6-11-10(9)12;1-8(2)12-10-6-4-3-5-9(10)7-11-12;1-7(2)12-9-6-4-3-5-8(9)10-11-12;5*1-2;/h3-9H,1-2H3;3*3-8H,1-2H3;3-7H,1-2H3;5*1-2H3;1H4. The average molecular weight is 967 g/mol. The molecule has 10 nitrogen and oxygen atoms in total. The van der Waals surface area contributed by atoms with Crippen molar-refractivity contribution in [3.05, 3.63) is 152 Å². The van der Waals surface area contributed by atoms with E-state index in [1.807, 2.05) is 146 Å². The van der Waals surface area contributed by atoms with Crippen molar-refractivity contribution >= 4 is 54.9 Å². The maximum absolute atomic E-state index is 4.33. The molecule has 7 aromatic heterocycles. The first-order valence-corrected chi connectivity index (χ1v) is 26.0. The summed E-state index contributed by atoms with van der Waals surface area (Å²) in [5, 5.41) is 16.2. The Morgan fingerprint density at radius 3 is 1.38 bits per heavy atom. The van der Waals surface area contributed by atoms with Gasteiger partial charge in [-0.2, -0.15) is 5.10 Å². The van der Waals surface area contributed by atoms with Crippen molar-refractivity contribution in [3.8, 4) is 0 Å². The van der Waals surface area contributed by atoms with Gasteiger partial charge in [-0.1, -0.05) is 130 Å². The summed E-state index contributed by atoms with van der Waals surface area (Å²) in [5.74, 6) is 0. The molecule has 388 valence electrons. The quantitative estimate of drug-likeness (QED) is 0.171. The lowest BCUT2D eigenvalue weighted by molar-refractivity contribution is 0.530. The van der Waals surface area contributed by atoms with Crippen LogP contribution in [0.25, 0.3) is 54.9 Å². The number of para-hydroxylation sites is 3. The number of pyridine rings is 2. The zero-order valence-corrected chi connectivity index (χ0v) is 46.8. The topological polar surface area (TPSA) is 89.1 Å². The Kier molecular flexibility index (Phi) is 32.3. The maximum atomic E-state index is 4.33. The Bertz CT molecular complexity index is 2390. The third-order valence-electron chi connectivity index (χ3n) is 10.1. The minimum Gasteiger partial charge on any atom is -0.345 e. The van der Waals surface area contributed by atoms with Crippen LogP contribution in [0.4, 0.5) is 0 Å². The average Bonchev–Trinajstić information content (AvgIpc) is 4.27. The molecule has 0 bridgehead atoms. The second kappa shape index (κ2) is 35.5. The van der Waals surface area contributed by atoms with E-state index in [1.165, 1.54) is 32.7 Å². The molecule has 10 rings (SSSR count). The molecule has 0 fully saturated rings. The van der Waals surface area contributed by atoms with Crippen LogP contribution in [0.15, 0.2) is 152 Å². The van der Waals surface area contributed by atoms with Gasteiger partial charge in [0.2, 0.25) is 0 Å². The second-order valence-electron chi connectivity index (χ2n) is 16.2. The molecular weight excluding hydrogens is 873 g/mol. The van der Waals surface area contributed by atoms with Gasteiger partial charge in [-0.15, -0.1) is 5.10 Å². The number of aromatic nitrogens is 10. The van der Waals surface area contributed by atoms with E-state index < -0.39 is 0 Å². The van der Waals surface area contributed by atoms with E-state index >= 15 is 0 Å². The van der Waals surface area contributed by atoms with Gasteiger partial charge < -0.3 is 13.7 Å². The van der Waals surface area contributed by atoms with E-state index in [1.54, 1.807) is 0 Å². The van der Waals surface area contributed by atoms with E-state index in [0.717, 1.165) is 22.2 Å². The first-order chi connectivity index (χ1) is 33.9. The Balaban J connectivity index is 0.000000822. The molecule has 0 unspecified atom stereocenters. The van der Waals surface area contributed by atoms with Crippen molar-refractivity contribution in [3.63, 3.8) is 0 Å². The Morgan fingerprint density at radius 1 is 0.352 bits per heavy atom. The number of hydrogen-bond donors (Lipinski definition) is 0. The van der Waals surface area contributed by atoms with Crippen LogP contribution in [-0.4, -0.2) is 48.4 Å². The highest BCUT2D eigenvalue weighted by Crippen LogP contribution is 2.21. The Morgan fingerprint density at radius 2 is 0.789 bits per heavy atom. The summed E-state index contributed by atoms with van der Waals surface area (Å²) in [6.07, 6.45) is 11.9. The van der Waals surface area contributed by atoms with Crippen molar-refractivity contribution in [2.45, 2.75) is 176 Å². The van der Waals surface area contributed by atoms with Crippen molar-refractivity contribution in [2.75, 3.05) is 0 Å². The van der Waals surface area contributed by atoms with E-state index in [2.05, 4.69) is 194 Å². The molecule has 0 atom stereocenters. The number of rotatable bonds is 5. The zero-order chi connectivity index (χ0) is 52.8. The van der Waals surface area contributed by atoms with Gasteiger partial charge in [0.1, 0.15) is 11.2 Å². The van der Waals surface area contributed by atoms with Gasteiger partial charge in [0.05, 0.1) is 28.3 Å². The summed E-state index contributed by atoms with van der Waals surface area (Å²) in [4.78, 5) is 8.59. The Hall–Kier alpha value is -6.55. The van der Waals surface area contributed by atoms with Crippen molar-refractivity contribution in [2.24, 2.45) is 0 Å². The summed E-state index contributed by atoms with van der Waals surface area (Å²) in [6, 6.07) is 41.5. The van der Waals surface area contributed by atoms with Crippen LogP contribution >= 0.6 is 0 Å². The molecule has 0 amide bonds. The predicted molar refractivity (Wildman–Crippen MR) is 314 cm³/mol. The predicted octanol–water partition coefficient (Wildman–Crippen LogP) is 18.9. The summed E-state index contributed by atoms with van der Waals surface area (Å²) in [7, 11) is 0. The summed E-state index contributed by atoms with van der Waals surface area (Å²) in [6.45, 7) is 41.5. The molecule has 0 saturated heterocycles. The zero-order valence-electron chi connectivity index (χ0n) is 46.8. The van der Waals surface area contributed by atoms with Crippen LogP contribution in [0.1, 0.15) is 176 Å². The largest absolute Gasteiger partial charge is 0.345 e. The first kappa shape index (κ1) is 64.5. The van der Waals surface area contributed by atoms with E-state index in [-0.39, 0.29) is 7.43 Å². The number of fused-ring (bicyclic) bond motifs is 5. The molecule has 7 heterocycles. The smallest absolute Gasteiger partial charge is 0.140 e. The van der Waals surface area contributed by atoms with Gasteiger partial charge in [-0.05, 0) is 141 Å². The fourth-order valence-electron chi connectivity index (χ4n) is 7.07. The summed E-state index contributed by atoms with van der Waals surface area (Å²) < 4.78 is 10.7. The van der Waals surface area contributed by atoms with Crippen molar-refractivity contribution in [1.82, 2.24) is 48.4 Å². The van der Waals surface area contributed by atoms with Crippen LogP contribution in [0, 0.1) is 0 Å². The van der Waals surface area contributed by atoms with Gasteiger partial charge >= 0.3 is 0 Å². The van der Waals surface area contributed by atoms with Gasteiger partial charge in [-0.3, -0.25) is 9.67 Å². The molecule has 10 heteroatoms. The fraction of sp³-hybridized carbons (Fsp3) is 0.426. The minimum absolute atomic E-state index is 0. The molecule has 10 aromatic rings. The number of benzene rings is 3. The van der Waals surface area contributed by atoms with Gasteiger partial charge in [0, 0.05) is 77.5 Å². The fourth-order valence-corrected chi connectivity index (χ4v) is 7.07. The second-order valence-corrected chi connectivity index (χ2v) is 16.2. The lowest BCUT2D eigenvalue weighted by atomic mass is 10.2. The van der Waals surface area contributed by atoms with Crippen LogP contribution in [0.2, 0.25) is 0 Å². The highest BCUT2D eigenvalue weighted by atomic mass is 15.4. The van der Waals surface area contributed by atoms with Crippen LogP contribution in [0.5, 0.6) is 0 Å². The van der Waals surface area contributed by atoms with Crippen LogP contribution in [-0.2, 0) is 0 Å². The highest BCUT2D eigenvalue weighted by Gasteiger charge is 2.07. The Labute approximate surface area is 430 Å². The van der Waals surface area contributed by atoms with E-state index in [4.69, 9.17) is 0 Å². The lowest BCUT2D eigenvalue weighted by Crippen LogP contribution is -2.02. The SMILES string of the molecule is C.CC.CC.CC.CC.CC.CC(C)n1ccc2ccccc21.CC(C)n1ccc2cccnc21.CC(C)n1ccc2ncccc21.CC(C)n1ncc2ccccc21.CC(C)n1nnc2ccccc21.